The maximum absolute atomic E-state index is 14.4. The van der Waals surface area contributed by atoms with Gasteiger partial charge in [-0.1, -0.05) is 53.4 Å². The molecule has 242 valence electrons. The molecule has 0 bridgehead atoms. The van der Waals surface area contributed by atoms with E-state index >= 15 is 0 Å². The molecule has 0 aliphatic carbocycles. The number of carbonyl (C=O) groups is 2. The number of fused-ring (bicyclic) bond motifs is 1. The summed E-state index contributed by atoms with van der Waals surface area (Å²) in [5.74, 6) is -0.539. The van der Waals surface area contributed by atoms with E-state index in [2.05, 4.69) is 32.6 Å². The molecule has 2 aliphatic rings. The summed E-state index contributed by atoms with van der Waals surface area (Å²) in [6.07, 6.45) is 6.10. The fourth-order valence-corrected chi connectivity index (χ4v) is 7.17. The van der Waals surface area contributed by atoms with E-state index in [1.54, 1.807) is 26.2 Å². The number of ether oxygens (including phenoxy) is 3. The Morgan fingerprint density at radius 3 is 2.41 bits per heavy atom. The molecule has 0 radical (unpaired) electrons. The van der Waals surface area contributed by atoms with Crippen LogP contribution < -0.4 is 19.1 Å². The first-order chi connectivity index (χ1) is 21.1. The molecule has 0 spiro atoms. The molecule has 4 rings (SSSR count). The number of rotatable bonds is 15. The summed E-state index contributed by atoms with van der Waals surface area (Å²) in [7, 11) is 1.55. The van der Waals surface area contributed by atoms with Crippen molar-refractivity contribution in [2.45, 2.75) is 97.6 Å². The van der Waals surface area contributed by atoms with Gasteiger partial charge in [0.2, 0.25) is 18.4 Å². The highest BCUT2D eigenvalue weighted by atomic mass is 19.1. The zero-order valence-electron chi connectivity index (χ0n) is 27.1. The van der Waals surface area contributed by atoms with Gasteiger partial charge in [-0.2, -0.15) is 0 Å². The van der Waals surface area contributed by atoms with Crippen molar-refractivity contribution in [3.8, 4) is 17.2 Å². The van der Waals surface area contributed by atoms with Crippen molar-refractivity contribution in [1.82, 2.24) is 4.90 Å². The third-order valence-electron chi connectivity index (χ3n) is 9.20. The third-order valence-corrected chi connectivity index (χ3v) is 9.20. The molecule has 8 nitrogen and oxygen atoms in total. The van der Waals surface area contributed by atoms with Gasteiger partial charge in [-0.15, -0.1) is 0 Å². The quantitative estimate of drug-likeness (QED) is 0.228. The average Bonchev–Trinajstić information content (AvgIpc) is 3.60. The molecule has 1 amide bonds. The molecule has 2 aliphatic heterocycles. The van der Waals surface area contributed by atoms with E-state index in [1.165, 1.54) is 6.07 Å². The Balaban J connectivity index is 1.73. The number of methoxy groups -OCH3 is 1. The minimum atomic E-state index is -0.879. The monoisotopic (exact) mass is 612 g/mol. The normalized spacial score (nSPS) is 20.2. The van der Waals surface area contributed by atoms with Gasteiger partial charge in [0.05, 0.1) is 19.6 Å². The standard InChI is InChI=1S/C35H49FN2O6/c1-7-10-22(4)15-29-33(35(40)41)27(24-17-30(42-6)34-31(18-24)43-21-44-34)19-37(29)20-32(39)38(25(11-8-2)12-9-3)26-13-14-28(36)23(5)16-26/h13-14,16-18,22,25,27,29,33H,7-12,15,19-21H2,1-6H3,(H,40,41)/t22?,27-,29+,33-/m1/s1. The highest BCUT2D eigenvalue weighted by Crippen LogP contribution is 2.47. The molecular weight excluding hydrogens is 563 g/mol. The second-order valence-corrected chi connectivity index (χ2v) is 12.5. The van der Waals surface area contributed by atoms with Gasteiger partial charge < -0.3 is 24.2 Å². The number of carboxylic acid groups (broad SMARTS) is 1. The largest absolute Gasteiger partial charge is 0.493 e. The second-order valence-electron chi connectivity index (χ2n) is 12.5. The van der Waals surface area contributed by atoms with Crippen molar-refractivity contribution in [2.24, 2.45) is 11.8 Å². The van der Waals surface area contributed by atoms with Gasteiger partial charge in [0.25, 0.3) is 0 Å². The van der Waals surface area contributed by atoms with Gasteiger partial charge in [0, 0.05) is 30.2 Å². The average molecular weight is 613 g/mol. The predicted octanol–water partition coefficient (Wildman–Crippen LogP) is 7.17. The van der Waals surface area contributed by atoms with E-state index < -0.39 is 11.9 Å². The number of nitrogens with zero attached hydrogens (tertiary/aromatic N) is 2. The number of carboxylic acids is 1. The van der Waals surface area contributed by atoms with Crippen LogP contribution in [0.3, 0.4) is 0 Å². The number of aryl methyl sites for hydroxylation is 1. The summed E-state index contributed by atoms with van der Waals surface area (Å²) in [6.45, 7) is 10.8. The first-order valence-corrected chi connectivity index (χ1v) is 16.2. The lowest BCUT2D eigenvalue weighted by Gasteiger charge is -2.35. The number of hydrogen-bond donors (Lipinski definition) is 1. The van der Waals surface area contributed by atoms with Crippen LogP contribution in [0.2, 0.25) is 0 Å². The lowest BCUT2D eigenvalue weighted by molar-refractivity contribution is -0.143. The molecule has 44 heavy (non-hydrogen) atoms. The molecule has 1 fully saturated rings. The molecule has 1 unspecified atom stereocenters. The maximum Gasteiger partial charge on any atom is 0.308 e. The molecule has 0 aromatic heterocycles. The van der Waals surface area contributed by atoms with Gasteiger partial charge in [0.1, 0.15) is 5.82 Å². The number of amides is 1. The van der Waals surface area contributed by atoms with Crippen molar-refractivity contribution < 1.29 is 33.3 Å². The third kappa shape index (κ3) is 7.31. The van der Waals surface area contributed by atoms with Crippen LogP contribution in [0.5, 0.6) is 17.2 Å². The highest BCUT2D eigenvalue weighted by molar-refractivity contribution is 5.95. The van der Waals surface area contributed by atoms with E-state index in [1.807, 2.05) is 17.0 Å². The van der Waals surface area contributed by atoms with Crippen LogP contribution in [0.4, 0.5) is 10.1 Å². The molecule has 0 saturated carbocycles. The summed E-state index contributed by atoms with van der Waals surface area (Å²) in [5, 5.41) is 10.7. The van der Waals surface area contributed by atoms with Crippen LogP contribution in [0.15, 0.2) is 30.3 Å². The van der Waals surface area contributed by atoms with E-state index in [0.717, 1.165) is 44.1 Å². The van der Waals surface area contributed by atoms with Crippen molar-refractivity contribution in [3.05, 3.63) is 47.3 Å². The van der Waals surface area contributed by atoms with Crippen molar-refractivity contribution >= 4 is 17.6 Å². The zero-order chi connectivity index (χ0) is 32.0. The molecule has 1 N–H and O–H groups in total. The smallest absolute Gasteiger partial charge is 0.308 e. The van der Waals surface area contributed by atoms with E-state index in [-0.39, 0.29) is 43.1 Å². The van der Waals surface area contributed by atoms with Crippen LogP contribution in [0.1, 0.15) is 89.7 Å². The zero-order valence-corrected chi connectivity index (χ0v) is 27.1. The topological polar surface area (TPSA) is 88.5 Å². The highest BCUT2D eigenvalue weighted by Gasteiger charge is 2.48. The van der Waals surface area contributed by atoms with Gasteiger partial charge >= 0.3 is 5.97 Å². The SMILES string of the molecule is CCCC(C)C[C@H]1[C@H](C(=O)O)[C@@H](c2cc(OC)c3c(c2)OCO3)CN1CC(=O)N(c1ccc(F)c(C)c1)C(CCC)CCC. The van der Waals surface area contributed by atoms with Gasteiger partial charge in [-0.3, -0.25) is 14.5 Å². The van der Waals surface area contributed by atoms with Crippen LogP contribution in [-0.2, 0) is 9.59 Å². The van der Waals surface area contributed by atoms with Crippen LogP contribution in [0, 0.1) is 24.6 Å². The molecule has 2 aromatic carbocycles. The number of aliphatic carboxylic acids is 1. The van der Waals surface area contributed by atoms with Crippen molar-refractivity contribution in [3.63, 3.8) is 0 Å². The maximum atomic E-state index is 14.4. The minimum absolute atomic E-state index is 0.0355. The molecular formula is C35H49FN2O6. The summed E-state index contributed by atoms with van der Waals surface area (Å²) in [5.41, 5.74) is 1.97. The van der Waals surface area contributed by atoms with Crippen LogP contribution in [0.25, 0.3) is 0 Å². The first kappa shape index (κ1) is 33.6. The first-order valence-electron chi connectivity index (χ1n) is 16.2. The van der Waals surface area contributed by atoms with Crippen LogP contribution in [-0.4, -0.2) is 61.0 Å². The number of anilines is 1. The Hall–Kier alpha value is -3.33. The van der Waals surface area contributed by atoms with Gasteiger partial charge in [-0.25, -0.2) is 4.39 Å². The molecule has 2 aromatic rings. The van der Waals surface area contributed by atoms with Crippen molar-refractivity contribution in [2.75, 3.05) is 31.9 Å². The number of hydrogen-bond acceptors (Lipinski definition) is 6. The molecule has 9 heteroatoms. The van der Waals surface area contributed by atoms with Crippen LogP contribution >= 0.6 is 0 Å². The van der Waals surface area contributed by atoms with E-state index in [4.69, 9.17) is 14.2 Å². The fourth-order valence-electron chi connectivity index (χ4n) is 7.17. The molecule has 1 saturated heterocycles. The Morgan fingerprint density at radius 1 is 1.09 bits per heavy atom. The van der Waals surface area contributed by atoms with Gasteiger partial charge in [0.15, 0.2) is 11.5 Å². The summed E-state index contributed by atoms with van der Waals surface area (Å²) < 4.78 is 31.1. The van der Waals surface area contributed by atoms with Crippen molar-refractivity contribution in [1.29, 1.82) is 0 Å². The summed E-state index contributed by atoms with van der Waals surface area (Å²) in [4.78, 5) is 31.3. The number of likely N-dealkylation sites (tertiary alicyclic amines) is 1. The lowest BCUT2D eigenvalue weighted by Crippen LogP contribution is -2.48. The van der Waals surface area contributed by atoms with Gasteiger partial charge in [-0.05, 0) is 73.6 Å². The lowest BCUT2D eigenvalue weighted by atomic mass is 9.81. The van der Waals surface area contributed by atoms with E-state index in [0.29, 0.717) is 47.4 Å². The molecule has 4 atom stereocenters. The Kier molecular flexibility index (Phi) is 11.5. The Bertz CT molecular complexity index is 1300. The molecule has 2 heterocycles. The fraction of sp³-hybridized carbons (Fsp3) is 0.600. The Labute approximate surface area is 261 Å². The second kappa shape index (κ2) is 15.1. The number of carbonyl (C=O) groups excluding carboxylic acids is 1. The predicted molar refractivity (Wildman–Crippen MR) is 169 cm³/mol. The number of benzene rings is 2. The summed E-state index contributed by atoms with van der Waals surface area (Å²) >= 11 is 0. The van der Waals surface area contributed by atoms with E-state index in [9.17, 15) is 19.1 Å². The Morgan fingerprint density at radius 2 is 1.80 bits per heavy atom. The minimum Gasteiger partial charge on any atom is -0.493 e. The summed E-state index contributed by atoms with van der Waals surface area (Å²) in [6, 6.07) is 8.18. The number of halogens is 1.